The standard InChI is InChI=1S/C15H19N3O2S/c1-21(19,20)15-5-2-4-14(15)17-12-6-8-13(9-7-12)18-11-3-10-16-18/h3,6-11,14-15,17H,2,4-5H2,1H3. The second kappa shape index (κ2) is 5.52. The molecule has 0 bridgehead atoms. The quantitative estimate of drug-likeness (QED) is 0.941. The maximum Gasteiger partial charge on any atom is 0.152 e. The lowest BCUT2D eigenvalue weighted by Gasteiger charge is -2.20. The van der Waals surface area contributed by atoms with Gasteiger partial charge in [-0.05, 0) is 49.6 Å². The number of sulfone groups is 1. The van der Waals surface area contributed by atoms with Crippen molar-refractivity contribution < 1.29 is 8.42 Å². The molecule has 1 N–H and O–H groups in total. The minimum Gasteiger partial charge on any atom is -0.381 e. The average Bonchev–Trinajstić information content (AvgIpc) is 3.09. The summed E-state index contributed by atoms with van der Waals surface area (Å²) in [6, 6.07) is 9.76. The molecule has 1 aliphatic carbocycles. The summed E-state index contributed by atoms with van der Waals surface area (Å²) in [4.78, 5) is 0. The Kier molecular flexibility index (Phi) is 3.71. The zero-order valence-electron chi connectivity index (χ0n) is 11.9. The van der Waals surface area contributed by atoms with Gasteiger partial charge in [0, 0.05) is 30.4 Å². The zero-order valence-corrected chi connectivity index (χ0v) is 12.8. The lowest BCUT2D eigenvalue weighted by Crippen LogP contribution is -2.34. The van der Waals surface area contributed by atoms with E-state index in [1.165, 1.54) is 6.26 Å². The van der Waals surface area contributed by atoms with Crippen LogP contribution >= 0.6 is 0 Å². The predicted molar refractivity (Wildman–Crippen MR) is 83.5 cm³/mol. The van der Waals surface area contributed by atoms with Gasteiger partial charge >= 0.3 is 0 Å². The monoisotopic (exact) mass is 305 g/mol. The number of nitrogens with one attached hydrogen (secondary N) is 1. The molecule has 2 atom stereocenters. The maximum absolute atomic E-state index is 11.8. The first kappa shape index (κ1) is 14.1. The first-order valence-corrected chi connectivity index (χ1v) is 9.05. The van der Waals surface area contributed by atoms with Crippen molar-refractivity contribution in [2.45, 2.75) is 30.6 Å². The van der Waals surface area contributed by atoms with Crippen molar-refractivity contribution in [3.63, 3.8) is 0 Å². The molecule has 1 heterocycles. The van der Waals surface area contributed by atoms with Gasteiger partial charge in [0.1, 0.15) is 0 Å². The number of rotatable bonds is 4. The van der Waals surface area contributed by atoms with Crippen molar-refractivity contribution in [1.29, 1.82) is 0 Å². The molecule has 0 spiro atoms. The third-order valence-electron chi connectivity index (χ3n) is 3.99. The van der Waals surface area contributed by atoms with Gasteiger partial charge in [-0.2, -0.15) is 5.10 Å². The third kappa shape index (κ3) is 3.10. The number of hydrogen-bond donors (Lipinski definition) is 1. The Labute approximate surface area is 124 Å². The molecule has 6 heteroatoms. The molecular weight excluding hydrogens is 286 g/mol. The highest BCUT2D eigenvalue weighted by Gasteiger charge is 2.34. The molecule has 21 heavy (non-hydrogen) atoms. The van der Waals surface area contributed by atoms with Crippen molar-refractivity contribution in [3.8, 4) is 5.69 Å². The first-order valence-electron chi connectivity index (χ1n) is 7.09. The van der Waals surface area contributed by atoms with E-state index in [-0.39, 0.29) is 11.3 Å². The summed E-state index contributed by atoms with van der Waals surface area (Å²) >= 11 is 0. The third-order valence-corrected chi connectivity index (χ3v) is 5.65. The SMILES string of the molecule is CS(=O)(=O)C1CCCC1Nc1ccc(-n2cccn2)cc1. The molecule has 1 aromatic carbocycles. The van der Waals surface area contributed by atoms with Gasteiger partial charge in [0.2, 0.25) is 0 Å². The summed E-state index contributed by atoms with van der Waals surface area (Å²) in [5.41, 5.74) is 1.93. The van der Waals surface area contributed by atoms with Crippen LogP contribution in [0, 0.1) is 0 Å². The van der Waals surface area contributed by atoms with Gasteiger partial charge in [-0.3, -0.25) is 0 Å². The van der Waals surface area contributed by atoms with Gasteiger partial charge in [0.15, 0.2) is 9.84 Å². The lowest BCUT2D eigenvalue weighted by molar-refractivity contribution is 0.579. The van der Waals surface area contributed by atoms with E-state index in [4.69, 9.17) is 0 Å². The van der Waals surface area contributed by atoms with Gasteiger partial charge in [-0.15, -0.1) is 0 Å². The zero-order chi connectivity index (χ0) is 14.9. The van der Waals surface area contributed by atoms with Crippen molar-refractivity contribution in [3.05, 3.63) is 42.7 Å². The summed E-state index contributed by atoms with van der Waals surface area (Å²) in [6.45, 7) is 0. The van der Waals surface area contributed by atoms with E-state index in [1.54, 1.807) is 10.9 Å². The normalized spacial score (nSPS) is 22.3. The number of hydrogen-bond acceptors (Lipinski definition) is 4. The van der Waals surface area contributed by atoms with Crippen LogP contribution in [0.25, 0.3) is 5.69 Å². The fourth-order valence-corrected chi connectivity index (χ4v) is 4.35. The van der Waals surface area contributed by atoms with Crippen LogP contribution in [0.15, 0.2) is 42.7 Å². The minimum absolute atomic E-state index is 0.00977. The van der Waals surface area contributed by atoms with Crippen molar-refractivity contribution in [1.82, 2.24) is 9.78 Å². The van der Waals surface area contributed by atoms with Crippen LogP contribution in [0.5, 0.6) is 0 Å². The molecule has 112 valence electrons. The molecule has 0 saturated heterocycles. The Bertz CT molecular complexity index is 693. The minimum atomic E-state index is -2.99. The molecule has 5 nitrogen and oxygen atoms in total. The van der Waals surface area contributed by atoms with E-state index >= 15 is 0 Å². The van der Waals surface area contributed by atoms with Crippen LogP contribution in [-0.2, 0) is 9.84 Å². The predicted octanol–water partition coefficient (Wildman–Crippen LogP) is 2.25. The highest BCUT2D eigenvalue weighted by atomic mass is 32.2. The van der Waals surface area contributed by atoms with E-state index in [0.717, 1.165) is 30.6 Å². The molecule has 3 rings (SSSR count). The van der Waals surface area contributed by atoms with E-state index in [0.29, 0.717) is 0 Å². The second-order valence-electron chi connectivity index (χ2n) is 5.55. The summed E-state index contributed by atoms with van der Waals surface area (Å²) in [5.74, 6) is 0. The lowest BCUT2D eigenvalue weighted by atomic mass is 10.2. The van der Waals surface area contributed by atoms with E-state index in [1.807, 2.05) is 36.5 Å². The smallest absolute Gasteiger partial charge is 0.152 e. The average molecular weight is 305 g/mol. The fraction of sp³-hybridized carbons (Fsp3) is 0.400. The topological polar surface area (TPSA) is 64.0 Å². The number of benzene rings is 1. The number of aromatic nitrogens is 2. The Morgan fingerprint density at radius 3 is 2.62 bits per heavy atom. The van der Waals surface area contributed by atoms with Crippen molar-refractivity contribution in [2.75, 3.05) is 11.6 Å². The molecule has 0 aliphatic heterocycles. The number of anilines is 1. The summed E-state index contributed by atoms with van der Waals surface area (Å²) in [5, 5.41) is 7.27. The van der Waals surface area contributed by atoms with E-state index in [9.17, 15) is 8.42 Å². The van der Waals surface area contributed by atoms with E-state index in [2.05, 4.69) is 10.4 Å². The summed E-state index contributed by atoms with van der Waals surface area (Å²) < 4.78 is 25.4. The maximum atomic E-state index is 11.8. The summed E-state index contributed by atoms with van der Waals surface area (Å²) in [6.07, 6.45) is 7.57. The first-order chi connectivity index (χ1) is 10.0. The van der Waals surface area contributed by atoms with Crippen LogP contribution in [0.3, 0.4) is 0 Å². The molecule has 0 radical (unpaired) electrons. The largest absolute Gasteiger partial charge is 0.381 e. The summed E-state index contributed by atoms with van der Waals surface area (Å²) in [7, 11) is -2.99. The number of nitrogens with zero attached hydrogens (tertiary/aromatic N) is 2. The molecular formula is C15H19N3O2S. The van der Waals surface area contributed by atoms with Gasteiger partial charge in [0.05, 0.1) is 10.9 Å². The molecule has 2 aromatic rings. The van der Waals surface area contributed by atoms with Crippen LogP contribution in [0.2, 0.25) is 0 Å². The molecule has 1 saturated carbocycles. The van der Waals surface area contributed by atoms with E-state index < -0.39 is 9.84 Å². The molecule has 2 unspecified atom stereocenters. The molecule has 1 fully saturated rings. The molecule has 1 aromatic heterocycles. The highest BCUT2D eigenvalue weighted by molar-refractivity contribution is 7.91. The fourth-order valence-electron chi connectivity index (χ4n) is 2.95. The van der Waals surface area contributed by atoms with Gasteiger partial charge in [-0.1, -0.05) is 0 Å². The van der Waals surface area contributed by atoms with Gasteiger partial charge in [-0.25, -0.2) is 13.1 Å². The van der Waals surface area contributed by atoms with Crippen LogP contribution in [-0.4, -0.2) is 35.7 Å². The van der Waals surface area contributed by atoms with Crippen molar-refractivity contribution in [2.24, 2.45) is 0 Å². The Hall–Kier alpha value is -1.82. The van der Waals surface area contributed by atoms with Crippen LogP contribution < -0.4 is 5.32 Å². The Morgan fingerprint density at radius 1 is 1.24 bits per heavy atom. The molecule has 1 aliphatic rings. The van der Waals surface area contributed by atoms with Crippen LogP contribution in [0.4, 0.5) is 5.69 Å². The van der Waals surface area contributed by atoms with Crippen LogP contribution in [0.1, 0.15) is 19.3 Å². The molecule has 0 amide bonds. The Balaban J connectivity index is 1.73. The Morgan fingerprint density at radius 2 is 2.00 bits per heavy atom. The van der Waals surface area contributed by atoms with Crippen molar-refractivity contribution >= 4 is 15.5 Å². The highest BCUT2D eigenvalue weighted by Crippen LogP contribution is 2.28. The van der Waals surface area contributed by atoms with Gasteiger partial charge < -0.3 is 5.32 Å². The van der Waals surface area contributed by atoms with Gasteiger partial charge in [0.25, 0.3) is 0 Å². The second-order valence-corrected chi connectivity index (χ2v) is 7.81.